The molecule has 1 saturated heterocycles. The zero-order chi connectivity index (χ0) is 18.6. The minimum absolute atomic E-state index is 0. The Morgan fingerprint density at radius 3 is 2.37 bits per heavy atom. The molecule has 1 atom stereocenters. The Bertz CT molecular complexity index is 736. The van der Waals surface area contributed by atoms with Gasteiger partial charge < -0.3 is 29.1 Å². The number of nitrogens with zero attached hydrogens (tertiary/aromatic N) is 3. The molecule has 1 unspecified atom stereocenters. The molecule has 0 aliphatic carbocycles. The molecule has 0 bridgehead atoms. The first-order valence-electron chi connectivity index (χ1n) is 8.56. The lowest BCUT2D eigenvalue weighted by atomic mass is 10.0. The largest absolute Gasteiger partial charge is 0.466 e. The summed E-state index contributed by atoms with van der Waals surface area (Å²) in [4.78, 5) is 20.4. The monoisotopic (exact) mass is 488 g/mol. The molecule has 0 saturated carbocycles. The van der Waals surface area contributed by atoms with Crippen molar-refractivity contribution in [3.63, 3.8) is 0 Å². The van der Waals surface area contributed by atoms with Gasteiger partial charge in [-0.2, -0.15) is 0 Å². The lowest BCUT2D eigenvalue weighted by Gasteiger charge is -2.36. The van der Waals surface area contributed by atoms with Crippen LogP contribution in [0.15, 0.2) is 50.6 Å². The van der Waals surface area contributed by atoms with Gasteiger partial charge in [0.1, 0.15) is 11.4 Å². The Morgan fingerprint density at radius 2 is 1.81 bits per heavy atom. The number of nitrogens with one attached hydrogen (secondary N) is 1. The van der Waals surface area contributed by atoms with E-state index in [1.807, 2.05) is 0 Å². The molecule has 27 heavy (non-hydrogen) atoms. The Labute approximate surface area is 175 Å². The van der Waals surface area contributed by atoms with Gasteiger partial charge in [-0.3, -0.25) is 9.79 Å². The molecule has 148 valence electrons. The average Bonchev–Trinajstić information content (AvgIpc) is 3.36. The molecule has 8 nitrogen and oxygen atoms in total. The third-order valence-electron chi connectivity index (χ3n) is 4.45. The molecule has 1 amide bonds. The van der Waals surface area contributed by atoms with E-state index in [1.165, 1.54) is 12.5 Å². The normalized spacial score (nSPS) is 17.2. The van der Waals surface area contributed by atoms with Crippen LogP contribution in [0.4, 0.5) is 0 Å². The van der Waals surface area contributed by atoms with Gasteiger partial charge in [0.25, 0.3) is 5.91 Å². The van der Waals surface area contributed by atoms with Crippen LogP contribution in [0.5, 0.6) is 0 Å². The first kappa shape index (κ1) is 21.3. The summed E-state index contributed by atoms with van der Waals surface area (Å²) in [5, 5.41) is 13.7. The number of hydrogen-bond donors (Lipinski definition) is 2. The number of amides is 1. The van der Waals surface area contributed by atoms with E-state index in [-0.39, 0.29) is 36.4 Å². The number of carbonyl (C=O) groups excluding carboxylic acids is 1. The number of furan rings is 2. The van der Waals surface area contributed by atoms with Crippen LogP contribution < -0.4 is 5.32 Å². The van der Waals surface area contributed by atoms with E-state index in [4.69, 9.17) is 8.83 Å². The summed E-state index contributed by atoms with van der Waals surface area (Å²) in [6, 6.07) is 6.86. The molecule has 0 radical (unpaired) electrons. The summed E-state index contributed by atoms with van der Waals surface area (Å²) >= 11 is 0. The van der Waals surface area contributed by atoms with Gasteiger partial charge in [-0.15, -0.1) is 24.0 Å². The van der Waals surface area contributed by atoms with Gasteiger partial charge in [0.2, 0.25) is 0 Å². The second kappa shape index (κ2) is 9.27. The van der Waals surface area contributed by atoms with Crippen molar-refractivity contribution in [2.75, 3.05) is 39.8 Å². The predicted octanol–water partition coefficient (Wildman–Crippen LogP) is 1.73. The van der Waals surface area contributed by atoms with Crippen molar-refractivity contribution in [2.45, 2.75) is 12.5 Å². The number of rotatable bonds is 4. The van der Waals surface area contributed by atoms with Crippen LogP contribution in [0.25, 0.3) is 0 Å². The van der Waals surface area contributed by atoms with Gasteiger partial charge in [-0.25, -0.2) is 0 Å². The van der Waals surface area contributed by atoms with Crippen molar-refractivity contribution in [2.24, 2.45) is 4.99 Å². The fourth-order valence-corrected chi connectivity index (χ4v) is 2.93. The fourth-order valence-electron chi connectivity index (χ4n) is 2.93. The highest BCUT2D eigenvalue weighted by atomic mass is 127. The molecule has 3 heterocycles. The van der Waals surface area contributed by atoms with Crippen LogP contribution >= 0.6 is 24.0 Å². The predicted molar refractivity (Wildman–Crippen MR) is 111 cm³/mol. The maximum atomic E-state index is 12.3. The number of halogens is 1. The van der Waals surface area contributed by atoms with Crippen LogP contribution in [-0.4, -0.2) is 66.5 Å². The number of guanidine groups is 1. The second-order valence-corrected chi connectivity index (χ2v) is 6.41. The van der Waals surface area contributed by atoms with Gasteiger partial charge in [0.05, 0.1) is 19.1 Å². The molecule has 9 heteroatoms. The fraction of sp³-hybridized carbons (Fsp3) is 0.444. The molecule has 0 aromatic carbocycles. The Morgan fingerprint density at radius 1 is 1.19 bits per heavy atom. The van der Waals surface area contributed by atoms with Gasteiger partial charge in [0.15, 0.2) is 11.7 Å². The minimum Gasteiger partial charge on any atom is -0.466 e. The molecule has 0 spiro atoms. The van der Waals surface area contributed by atoms with Crippen LogP contribution in [0.3, 0.4) is 0 Å². The highest BCUT2D eigenvalue weighted by Gasteiger charge is 2.29. The molecule has 2 aromatic heterocycles. The summed E-state index contributed by atoms with van der Waals surface area (Å²) in [6.45, 7) is 4.40. The lowest BCUT2D eigenvalue weighted by Crippen LogP contribution is -2.55. The van der Waals surface area contributed by atoms with E-state index in [0.29, 0.717) is 43.7 Å². The van der Waals surface area contributed by atoms with Gasteiger partial charge in [0, 0.05) is 33.2 Å². The number of aliphatic hydroxyl groups is 1. The van der Waals surface area contributed by atoms with Crippen LogP contribution in [0.2, 0.25) is 0 Å². The highest BCUT2D eigenvalue weighted by molar-refractivity contribution is 14.0. The Kier molecular flexibility index (Phi) is 7.31. The zero-order valence-corrected chi connectivity index (χ0v) is 17.8. The standard InChI is InChI=1S/C18H24N4O4.HI/c1-18(24,15-6-4-12-26-15)13-20-17(19-2)22-9-7-21(8-10-22)16(23)14-5-3-11-25-14;/h3-6,11-12,24H,7-10,13H2,1-2H3,(H,19,20);1H. The molecule has 1 fully saturated rings. The topological polar surface area (TPSA) is 94.5 Å². The van der Waals surface area contributed by atoms with Gasteiger partial charge in [-0.1, -0.05) is 0 Å². The zero-order valence-electron chi connectivity index (χ0n) is 15.4. The van der Waals surface area contributed by atoms with E-state index in [9.17, 15) is 9.90 Å². The summed E-state index contributed by atoms with van der Waals surface area (Å²) in [6.07, 6.45) is 3.04. The van der Waals surface area contributed by atoms with Crippen molar-refractivity contribution in [3.8, 4) is 0 Å². The first-order valence-corrected chi connectivity index (χ1v) is 8.56. The number of aliphatic imine (C=N–C) groups is 1. The lowest BCUT2D eigenvalue weighted by molar-refractivity contribution is 0.0376. The summed E-state index contributed by atoms with van der Waals surface area (Å²) in [5.41, 5.74) is -1.14. The Balaban J connectivity index is 0.00000261. The molecular weight excluding hydrogens is 463 g/mol. The minimum atomic E-state index is -1.14. The SMILES string of the molecule is CN=C(NCC(C)(O)c1ccco1)N1CCN(C(=O)c2ccco2)CC1.I. The average molecular weight is 488 g/mol. The van der Waals surface area contributed by atoms with Crippen molar-refractivity contribution in [1.29, 1.82) is 0 Å². The van der Waals surface area contributed by atoms with Crippen LogP contribution in [0.1, 0.15) is 23.2 Å². The van der Waals surface area contributed by atoms with E-state index < -0.39 is 5.60 Å². The summed E-state index contributed by atoms with van der Waals surface area (Å²) in [7, 11) is 1.70. The Hall–Kier alpha value is -2.01. The van der Waals surface area contributed by atoms with E-state index in [0.717, 1.165) is 0 Å². The molecule has 2 N–H and O–H groups in total. The van der Waals surface area contributed by atoms with Crippen molar-refractivity contribution >= 4 is 35.8 Å². The van der Waals surface area contributed by atoms with E-state index in [1.54, 1.807) is 43.1 Å². The van der Waals surface area contributed by atoms with Crippen LogP contribution in [0, 0.1) is 0 Å². The molecule has 1 aliphatic heterocycles. The number of hydrogen-bond acceptors (Lipinski definition) is 5. The second-order valence-electron chi connectivity index (χ2n) is 6.41. The highest BCUT2D eigenvalue weighted by Crippen LogP contribution is 2.20. The van der Waals surface area contributed by atoms with Crippen LogP contribution in [-0.2, 0) is 5.60 Å². The number of carbonyl (C=O) groups is 1. The third-order valence-corrected chi connectivity index (χ3v) is 4.45. The van der Waals surface area contributed by atoms with Gasteiger partial charge >= 0.3 is 0 Å². The molecule has 2 aromatic rings. The summed E-state index contributed by atoms with van der Waals surface area (Å²) in [5.74, 6) is 1.44. The third kappa shape index (κ3) is 5.04. The van der Waals surface area contributed by atoms with Gasteiger partial charge in [-0.05, 0) is 31.2 Å². The first-order chi connectivity index (χ1) is 12.5. The van der Waals surface area contributed by atoms with E-state index >= 15 is 0 Å². The van der Waals surface area contributed by atoms with E-state index in [2.05, 4.69) is 15.2 Å². The quantitative estimate of drug-likeness (QED) is 0.387. The maximum Gasteiger partial charge on any atom is 0.289 e. The summed E-state index contributed by atoms with van der Waals surface area (Å²) < 4.78 is 10.5. The number of piperazine rings is 1. The maximum absolute atomic E-state index is 12.3. The van der Waals surface area contributed by atoms with Crippen molar-refractivity contribution < 1.29 is 18.7 Å². The van der Waals surface area contributed by atoms with Crippen molar-refractivity contribution in [3.05, 3.63) is 48.3 Å². The molecular formula is C18H25IN4O4. The molecule has 1 aliphatic rings. The van der Waals surface area contributed by atoms with Crippen molar-refractivity contribution in [1.82, 2.24) is 15.1 Å². The molecule has 3 rings (SSSR count). The smallest absolute Gasteiger partial charge is 0.289 e.